The van der Waals surface area contributed by atoms with Crippen molar-refractivity contribution in [3.05, 3.63) is 22.8 Å². The van der Waals surface area contributed by atoms with Crippen molar-refractivity contribution in [3.63, 3.8) is 0 Å². The average Bonchev–Trinajstić information content (AvgIpc) is 2.27. The lowest BCUT2D eigenvalue weighted by Gasteiger charge is -2.12. The second kappa shape index (κ2) is 5.38. The van der Waals surface area contributed by atoms with Crippen LogP contribution in [-0.4, -0.2) is 22.1 Å². The molecular formula is C11H11ClN2O2. The second-order valence-corrected chi connectivity index (χ2v) is 3.54. The van der Waals surface area contributed by atoms with Crippen LogP contribution < -0.4 is 5.32 Å². The van der Waals surface area contributed by atoms with Crippen molar-refractivity contribution in [1.82, 2.24) is 4.98 Å². The van der Waals surface area contributed by atoms with Gasteiger partial charge in [-0.25, -0.2) is 9.78 Å². The lowest BCUT2D eigenvalue weighted by molar-refractivity contribution is 0.0696. The fourth-order valence-corrected chi connectivity index (χ4v) is 1.31. The Morgan fingerprint density at radius 2 is 2.50 bits per heavy atom. The molecule has 16 heavy (non-hydrogen) atoms. The van der Waals surface area contributed by atoms with E-state index in [2.05, 4.69) is 16.2 Å². The first-order valence-corrected chi connectivity index (χ1v) is 5.07. The monoisotopic (exact) mass is 238 g/mol. The van der Waals surface area contributed by atoms with Crippen LogP contribution in [0.5, 0.6) is 0 Å². The zero-order valence-electron chi connectivity index (χ0n) is 8.70. The van der Waals surface area contributed by atoms with Gasteiger partial charge in [0.1, 0.15) is 5.82 Å². The molecule has 1 atom stereocenters. The first kappa shape index (κ1) is 12.3. The Morgan fingerprint density at radius 1 is 1.81 bits per heavy atom. The molecule has 1 heterocycles. The van der Waals surface area contributed by atoms with E-state index in [1.54, 1.807) is 0 Å². The van der Waals surface area contributed by atoms with E-state index >= 15 is 0 Å². The van der Waals surface area contributed by atoms with E-state index in [-0.39, 0.29) is 16.6 Å². The van der Waals surface area contributed by atoms with Gasteiger partial charge >= 0.3 is 5.97 Å². The number of nitrogens with one attached hydrogen (secondary N) is 1. The van der Waals surface area contributed by atoms with Crippen LogP contribution in [-0.2, 0) is 0 Å². The van der Waals surface area contributed by atoms with Gasteiger partial charge in [0.05, 0.1) is 16.6 Å². The molecule has 84 valence electrons. The molecular weight excluding hydrogens is 228 g/mol. The Hall–Kier alpha value is -1.73. The second-order valence-electron chi connectivity index (χ2n) is 3.13. The van der Waals surface area contributed by atoms with Gasteiger partial charge in [-0.2, -0.15) is 0 Å². The molecule has 0 saturated carbocycles. The molecule has 4 nitrogen and oxygen atoms in total. The third-order valence-electron chi connectivity index (χ3n) is 2.01. The topological polar surface area (TPSA) is 62.2 Å². The zero-order chi connectivity index (χ0) is 12.1. The highest BCUT2D eigenvalue weighted by molar-refractivity contribution is 6.33. The number of carbonyl (C=O) groups is 1. The summed E-state index contributed by atoms with van der Waals surface area (Å²) in [5.74, 6) is 1.87. The van der Waals surface area contributed by atoms with E-state index in [9.17, 15) is 4.79 Å². The molecule has 0 fully saturated rings. The molecule has 0 aliphatic carbocycles. The van der Waals surface area contributed by atoms with Crippen LogP contribution in [0, 0.1) is 12.3 Å². The van der Waals surface area contributed by atoms with E-state index < -0.39 is 5.97 Å². The number of anilines is 1. The number of pyridine rings is 1. The highest BCUT2D eigenvalue weighted by atomic mass is 35.5. The number of aromatic carboxylic acids is 1. The zero-order valence-corrected chi connectivity index (χ0v) is 9.45. The van der Waals surface area contributed by atoms with Crippen molar-refractivity contribution >= 4 is 23.4 Å². The molecule has 2 N–H and O–H groups in total. The van der Waals surface area contributed by atoms with Gasteiger partial charge in [0.15, 0.2) is 0 Å². The van der Waals surface area contributed by atoms with Gasteiger partial charge in [-0.05, 0) is 12.5 Å². The van der Waals surface area contributed by atoms with Gasteiger partial charge in [-0.1, -0.05) is 24.4 Å². The Balaban J connectivity index is 2.92. The normalized spacial score (nSPS) is 11.6. The number of hydrogen-bond donors (Lipinski definition) is 2. The summed E-state index contributed by atoms with van der Waals surface area (Å²) in [6.45, 7) is 1.93. The number of halogens is 1. The average molecular weight is 239 g/mol. The van der Waals surface area contributed by atoms with Crippen LogP contribution in [0.3, 0.4) is 0 Å². The Labute approximate surface area is 98.6 Å². The Kier molecular flexibility index (Phi) is 4.15. The van der Waals surface area contributed by atoms with Crippen molar-refractivity contribution in [1.29, 1.82) is 0 Å². The molecule has 5 heteroatoms. The van der Waals surface area contributed by atoms with Gasteiger partial charge in [0, 0.05) is 6.20 Å². The van der Waals surface area contributed by atoms with Crippen LogP contribution in [0.1, 0.15) is 23.7 Å². The van der Waals surface area contributed by atoms with Gasteiger partial charge in [-0.3, -0.25) is 0 Å². The summed E-state index contributed by atoms with van der Waals surface area (Å²) in [5.41, 5.74) is 0.0457. The summed E-state index contributed by atoms with van der Waals surface area (Å²) in [5, 5.41) is 11.9. The standard InChI is InChI=1S/C11H11ClN2O2/c1-3-8(4-2)14-10-9(12)5-7(6-13-10)11(15)16/h1,5-6,8H,4H2,2H3,(H,13,14)(H,15,16). The van der Waals surface area contributed by atoms with Crippen molar-refractivity contribution in [2.75, 3.05) is 5.32 Å². The maximum Gasteiger partial charge on any atom is 0.337 e. The van der Waals surface area contributed by atoms with E-state index in [0.29, 0.717) is 5.82 Å². The van der Waals surface area contributed by atoms with Gasteiger partial charge in [-0.15, -0.1) is 6.42 Å². The van der Waals surface area contributed by atoms with Crippen molar-refractivity contribution in [2.24, 2.45) is 0 Å². The predicted molar refractivity (Wildman–Crippen MR) is 62.7 cm³/mol. The highest BCUT2D eigenvalue weighted by Gasteiger charge is 2.10. The van der Waals surface area contributed by atoms with Crippen LogP contribution in [0.15, 0.2) is 12.3 Å². The number of rotatable bonds is 4. The summed E-state index contributed by atoms with van der Waals surface area (Å²) in [6, 6.07) is 1.17. The highest BCUT2D eigenvalue weighted by Crippen LogP contribution is 2.21. The minimum Gasteiger partial charge on any atom is -0.478 e. The van der Waals surface area contributed by atoms with Crippen molar-refractivity contribution in [2.45, 2.75) is 19.4 Å². The summed E-state index contributed by atoms with van der Waals surface area (Å²) in [6.07, 6.45) is 7.25. The largest absolute Gasteiger partial charge is 0.478 e. The van der Waals surface area contributed by atoms with Crippen LogP contribution in [0.2, 0.25) is 5.02 Å². The Bertz CT molecular complexity index is 440. The molecule has 1 unspecified atom stereocenters. The summed E-state index contributed by atoms with van der Waals surface area (Å²) in [4.78, 5) is 14.6. The first-order chi connectivity index (χ1) is 7.58. The lowest BCUT2D eigenvalue weighted by Crippen LogP contribution is -2.17. The number of aromatic nitrogens is 1. The van der Waals surface area contributed by atoms with E-state index in [0.717, 1.165) is 6.42 Å². The Morgan fingerprint density at radius 3 is 2.94 bits per heavy atom. The molecule has 0 bridgehead atoms. The molecule has 0 saturated heterocycles. The predicted octanol–water partition coefficient (Wildman–Crippen LogP) is 2.26. The van der Waals surface area contributed by atoms with E-state index in [1.165, 1.54) is 12.3 Å². The summed E-state index contributed by atoms with van der Waals surface area (Å²) < 4.78 is 0. The number of carboxylic acid groups (broad SMARTS) is 1. The number of terminal acetylenes is 1. The molecule has 1 aromatic heterocycles. The van der Waals surface area contributed by atoms with Gasteiger partial charge < -0.3 is 10.4 Å². The molecule has 0 radical (unpaired) electrons. The summed E-state index contributed by atoms with van der Waals surface area (Å²) >= 11 is 5.87. The van der Waals surface area contributed by atoms with Gasteiger partial charge in [0.2, 0.25) is 0 Å². The third-order valence-corrected chi connectivity index (χ3v) is 2.30. The molecule has 1 aromatic rings. The fraction of sp³-hybridized carbons (Fsp3) is 0.273. The molecule has 0 aliphatic rings. The number of carboxylic acids is 1. The third kappa shape index (κ3) is 2.88. The number of hydrogen-bond acceptors (Lipinski definition) is 3. The van der Waals surface area contributed by atoms with E-state index in [4.69, 9.17) is 23.1 Å². The van der Waals surface area contributed by atoms with E-state index in [1.807, 2.05) is 6.92 Å². The minimum atomic E-state index is -1.06. The van der Waals surface area contributed by atoms with Crippen molar-refractivity contribution in [3.8, 4) is 12.3 Å². The molecule has 0 spiro atoms. The smallest absolute Gasteiger partial charge is 0.337 e. The molecule has 0 amide bonds. The summed E-state index contributed by atoms with van der Waals surface area (Å²) in [7, 11) is 0. The maximum absolute atomic E-state index is 10.6. The molecule has 0 aromatic carbocycles. The quantitative estimate of drug-likeness (QED) is 0.790. The van der Waals surface area contributed by atoms with Crippen LogP contribution in [0.25, 0.3) is 0 Å². The molecule has 1 rings (SSSR count). The van der Waals surface area contributed by atoms with Gasteiger partial charge in [0.25, 0.3) is 0 Å². The minimum absolute atomic E-state index is 0.0457. The molecule has 0 aliphatic heterocycles. The van der Waals surface area contributed by atoms with Crippen LogP contribution in [0.4, 0.5) is 5.82 Å². The van der Waals surface area contributed by atoms with Crippen LogP contribution >= 0.6 is 11.6 Å². The van der Waals surface area contributed by atoms with Crippen molar-refractivity contribution < 1.29 is 9.90 Å². The first-order valence-electron chi connectivity index (χ1n) is 4.70. The maximum atomic E-state index is 10.6. The lowest BCUT2D eigenvalue weighted by atomic mass is 10.2. The fourth-order valence-electron chi connectivity index (χ4n) is 1.09. The number of nitrogens with zero attached hydrogens (tertiary/aromatic N) is 1. The SMILES string of the molecule is C#CC(CC)Nc1ncc(C(=O)O)cc1Cl.